The molecule has 0 spiro atoms. The fraction of sp³-hybridized carbons (Fsp3) is 0.545. The molecule has 3 aromatic heterocycles. The summed E-state index contributed by atoms with van der Waals surface area (Å²) in [5.41, 5.74) is 12.0. The molecule has 3 heterocycles. The Morgan fingerprint density at radius 2 is 1.65 bits per heavy atom. The van der Waals surface area contributed by atoms with Crippen LogP contribution >= 0.6 is 0 Å². The molecular formula is C33H51N5O3Si2. The van der Waals surface area contributed by atoms with Crippen molar-refractivity contribution in [1.29, 1.82) is 0 Å². The Morgan fingerprint density at radius 3 is 2.30 bits per heavy atom. The van der Waals surface area contributed by atoms with Crippen LogP contribution in [-0.2, 0) is 22.3 Å². The minimum atomic E-state index is -1.95. The average Bonchev–Trinajstić information content (AvgIpc) is 3.54. The van der Waals surface area contributed by atoms with Crippen molar-refractivity contribution in [3.63, 3.8) is 0 Å². The van der Waals surface area contributed by atoms with E-state index in [2.05, 4.69) is 87.9 Å². The van der Waals surface area contributed by atoms with Crippen LogP contribution in [-0.4, -0.2) is 49.1 Å². The first-order chi connectivity index (χ1) is 20.3. The summed E-state index contributed by atoms with van der Waals surface area (Å²) in [7, 11) is -3.19. The number of aryl methyl sites for hydroxylation is 1. The van der Waals surface area contributed by atoms with E-state index in [9.17, 15) is 0 Å². The highest BCUT2D eigenvalue weighted by molar-refractivity contribution is 6.77. The van der Waals surface area contributed by atoms with Gasteiger partial charge >= 0.3 is 0 Å². The van der Waals surface area contributed by atoms with Gasteiger partial charge in [0.15, 0.2) is 8.32 Å². The van der Waals surface area contributed by atoms with Crippen LogP contribution in [0.25, 0.3) is 33.6 Å². The molecule has 0 fully saturated rings. The number of furan rings is 1. The molecule has 0 aliphatic rings. The second-order valence-electron chi connectivity index (χ2n) is 13.7. The SMILES string of the molecule is CC(C)[Si](OCCCc1nc(-c2ccc3occc3c2)c(-c2ccnc(N)n2)n1COCC[Si](C)(C)C)(C(C)C)C(C)C. The van der Waals surface area contributed by atoms with E-state index >= 15 is 0 Å². The summed E-state index contributed by atoms with van der Waals surface area (Å²) >= 11 is 0. The third kappa shape index (κ3) is 7.65. The summed E-state index contributed by atoms with van der Waals surface area (Å²) in [6.07, 6.45) is 5.05. The molecule has 1 aromatic carbocycles. The Kier molecular flexibility index (Phi) is 10.7. The number of benzene rings is 1. The highest BCUT2D eigenvalue weighted by atomic mass is 28.4. The van der Waals surface area contributed by atoms with Crippen LogP contribution < -0.4 is 5.73 Å². The van der Waals surface area contributed by atoms with Gasteiger partial charge in [0.1, 0.15) is 18.1 Å². The van der Waals surface area contributed by atoms with Gasteiger partial charge in [-0.3, -0.25) is 0 Å². The Hall–Kier alpha value is -2.80. The summed E-state index contributed by atoms with van der Waals surface area (Å²) in [5, 5.41) is 1.03. The van der Waals surface area contributed by atoms with Crippen LogP contribution in [0.2, 0.25) is 42.3 Å². The van der Waals surface area contributed by atoms with E-state index in [-0.39, 0.29) is 5.95 Å². The number of imidazole rings is 1. The summed E-state index contributed by atoms with van der Waals surface area (Å²) in [6, 6.07) is 11.1. The molecule has 0 aliphatic heterocycles. The van der Waals surface area contributed by atoms with E-state index in [0.29, 0.717) is 30.0 Å². The molecule has 0 bridgehead atoms. The van der Waals surface area contributed by atoms with E-state index < -0.39 is 16.4 Å². The predicted octanol–water partition coefficient (Wildman–Crippen LogP) is 8.77. The largest absolute Gasteiger partial charge is 0.464 e. The van der Waals surface area contributed by atoms with Gasteiger partial charge in [-0.1, -0.05) is 61.2 Å². The fourth-order valence-corrected chi connectivity index (χ4v) is 12.7. The first-order valence-electron chi connectivity index (χ1n) is 15.7. The number of anilines is 1. The molecule has 0 saturated carbocycles. The Morgan fingerprint density at radius 1 is 0.930 bits per heavy atom. The van der Waals surface area contributed by atoms with Gasteiger partial charge in [-0.25, -0.2) is 15.0 Å². The molecule has 0 atom stereocenters. The van der Waals surface area contributed by atoms with Crippen molar-refractivity contribution in [2.24, 2.45) is 0 Å². The van der Waals surface area contributed by atoms with Crippen molar-refractivity contribution in [3.05, 3.63) is 48.6 Å². The number of fused-ring (bicyclic) bond motifs is 1. The molecule has 4 rings (SSSR count). The van der Waals surface area contributed by atoms with Gasteiger partial charge in [-0.2, -0.15) is 0 Å². The molecular weight excluding hydrogens is 571 g/mol. The summed E-state index contributed by atoms with van der Waals surface area (Å²) in [6.45, 7) is 22.9. The van der Waals surface area contributed by atoms with Crippen molar-refractivity contribution >= 4 is 33.3 Å². The van der Waals surface area contributed by atoms with Crippen LogP contribution in [0.5, 0.6) is 0 Å². The molecule has 10 heteroatoms. The third-order valence-corrected chi connectivity index (χ3v) is 16.3. The zero-order chi connectivity index (χ0) is 31.4. The maximum Gasteiger partial charge on any atom is 0.220 e. The number of aromatic nitrogens is 4. The van der Waals surface area contributed by atoms with E-state index in [1.807, 2.05) is 18.2 Å². The Labute approximate surface area is 259 Å². The minimum absolute atomic E-state index is 0.230. The van der Waals surface area contributed by atoms with Crippen LogP contribution in [0.3, 0.4) is 0 Å². The van der Waals surface area contributed by atoms with E-state index in [0.717, 1.165) is 64.9 Å². The summed E-state index contributed by atoms with van der Waals surface area (Å²) in [4.78, 5) is 14.0. The third-order valence-electron chi connectivity index (χ3n) is 8.51. The van der Waals surface area contributed by atoms with Crippen LogP contribution in [0, 0.1) is 0 Å². The van der Waals surface area contributed by atoms with Crippen molar-refractivity contribution in [3.8, 4) is 22.6 Å². The predicted molar refractivity (Wildman–Crippen MR) is 182 cm³/mol. The van der Waals surface area contributed by atoms with E-state index in [1.54, 1.807) is 12.5 Å². The van der Waals surface area contributed by atoms with E-state index in [4.69, 9.17) is 24.3 Å². The lowest BCUT2D eigenvalue weighted by molar-refractivity contribution is 0.0859. The van der Waals surface area contributed by atoms with Crippen LogP contribution in [0.4, 0.5) is 5.95 Å². The Balaban J connectivity index is 1.72. The highest BCUT2D eigenvalue weighted by Gasteiger charge is 2.44. The monoisotopic (exact) mass is 621 g/mol. The smallest absolute Gasteiger partial charge is 0.220 e. The summed E-state index contributed by atoms with van der Waals surface area (Å²) in [5.74, 6) is 1.19. The number of ether oxygens (including phenoxy) is 1. The van der Waals surface area contributed by atoms with Gasteiger partial charge in [-0.05, 0) is 59.4 Å². The van der Waals surface area contributed by atoms with Crippen molar-refractivity contribution in [2.45, 2.75) is 103 Å². The maximum atomic E-state index is 6.90. The molecule has 4 aromatic rings. The molecule has 0 unspecified atom stereocenters. The lowest BCUT2D eigenvalue weighted by atomic mass is 10.1. The number of nitrogen functional groups attached to an aromatic ring is 1. The number of nitrogens with two attached hydrogens (primary N) is 1. The van der Waals surface area contributed by atoms with Gasteiger partial charge < -0.3 is 23.9 Å². The molecule has 0 amide bonds. The zero-order valence-electron chi connectivity index (χ0n) is 27.6. The highest BCUT2D eigenvalue weighted by Crippen LogP contribution is 2.42. The van der Waals surface area contributed by atoms with Crippen molar-refractivity contribution in [1.82, 2.24) is 19.5 Å². The van der Waals surface area contributed by atoms with Gasteiger partial charge in [-0.15, -0.1) is 0 Å². The van der Waals surface area contributed by atoms with Crippen molar-refractivity contribution in [2.75, 3.05) is 18.9 Å². The Bertz CT molecular complexity index is 1470. The standard InChI is InChI=1S/C33H51N5O3Si2/c1-23(2)43(24(3)4,25(5)6)41-17-10-11-30-37-31(27-12-13-29-26(21-27)15-18-40-29)32(28-14-16-35-33(34)36-28)38(30)22-39-19-20-42(7,8)9/h12-16,18,21,23-25H,10-11,17,19-20,22H2,1-9H3,(H2,34,35,36). The summed E-state index contributed by atoms with van der Waals surface area (Å²) < 4.78 is 21.0. The zero-order valence-corrected chi connectivity index (χ0v) is 29.6. The molecule has 43 heavy (non-hydrogen) atoms. The van der Waals surface area contributed by atoms with Crippen molar-refractivity contribution < 1.29 is 13.6 Å². The lowest BCUT2D eigenvalue weighted by Gasteiger charge is -2.42. The molecule has 234 valence electrons. The van der Waals surface area contributed by atoms with E-state index in [1.165, 1.54) is 0 Å². The fourth-order valence-electron chi connectivity index (χ4n) is 6.42. The topological polar surface area (TPSA) is 101 Å². The number of hydrogen-bond donors (Lipinski definition) is 1. The second-order valence-corrected chi connectivity index (χ2v) is 24.8. The molecule has 0 radical (unpaired) electrons. The average molecular weight is 622 g/mol. The maximum absolute atomic E-state index is 6.90. The molecule has 0 saturated heterocycles. The van der Waals surface area contributed by atoms with Crippen LogP contribution in [0.1, 0.15) is 53.8 Å². The second kappa shape index (κ2) is 13.9. The number of hydrogen-bond acceptors (Lipinski definition) is 7. The molecule has 8 nitrogen and oxygen atoms in total. The molecule has 0 aliphatic carbocycles. The number of nitrogens with zero attached hydrogens (tertiary/aromatic N) is 4. The van der Waals surface area contributed by atoms with Gasteiger partial charge in [0, 0.05) is 44.9 Å². The van der Waals surface area contributed by atoms with Gasteiger partial charge in [0.2, 0.25) is 5.95 Å². The van der Waals surface area contributed by atoms with Gasteiger partial charge in [0.25, 0.3) is 0 Å². The first-order valence-corrected chi connectivity index (χ1v) is 21.6. The van der Waals surface area contributed by atoms with Crippen LogP contribution in [0.15, 0.2) is 47.2 Å². The molecule has 2 N–H and O–H groups in total. The number of rotatable bonds is 15. The van der Waals surface area contributed by atoms with Gasteiger partial charge in [0.05, 0.1) is 23.3 Å². The first kappa shape index (κ1) is 33.1. The normalized spacial score (nSPS) is 12.8. The quantitative estimate of drug-likeness (QED) is 0.105. The lowest BCUT2D eigenvalue weighted by Crippen LogP contribution is -2.48. The minimum Gasteiger partial charge on any atom is -0.464 e.